The van der Waals surface area contributed by atoms with E-state index in [-0.39, 0.29) is 10.8 Å². The summed E-state index contributed by atoms with van der Waals surface area (Å²) in [6, 6.07) is 13.8. The summed E-state index contributed by atoms with van der Waals surface area (Å²) in [7, 11) is -1.52. The van der Waals surface area contributed by atoms with Crippen LogP contribution in [0.3, 0.4) is 0 Å². The SMILES string of the molecule is CSCc1ccc(C(=O)Nc2ccc(S(=O)(=O)N3CCN(C)CC3)cc2)cc1. The summed E-state index contributed by atoms with van der Waals surface area (Å²) < 4.78 is 27.0. The van der Waals surface area contributed by atoms with E-state index in [9.17, 15) is 13.2 Å². The van der Waals surface area contributed by atoms with Crippen LogP contribution in [-0.2, 0) is 15.8 Å². The van der Waals surface area contributed by atoms with E-state index in [0.29, 0.717) is 24.3 Å². The average Bonchev–Trinajstić information content (AvgIpc) is 2.69. The van der Waals surface area contributed by atoms with Crippen LogP contribution in [0.1, 0.15) is 15.9 Å². The quantitative estimate of drug-likeness (QED) is 0.780. The first-order valence-electron chi connectivity index (χ1n) is 9.08. The second-order valence-electron chi connectivity index (χ2n) is 6.82. The molecule has 2 aromatic rings. The minimum Gasteiger partial charge on any atom is -0.322 e. The number of carbonyl (C=O) groups excluding carboxylic acids is 1. The normalized spacial score (nSPS) is 16.1. The van der Waals surface area contributed by atoms with Gasteiger partial charge in [-0.15, -0.1) is 0 Å². The zero-order valence-electron chi connectivity index (χ0n) is 16.1. The Balaban J connectivity index is 1.66. The van der Waals surface area contributed by atoms with Crippen molar-refractivity contribution in [3.8, 4) is 0 Å². The fraction of sp³-hybridized carbons (Fsp3) is 0.350. The first-order valence-corrected chi connectivity index (χ1v) is 11.9. The number of hydrogen-bond acceptors (Lipinski definition) is 5. The number of benzene rings is 2. The molecule has 1 heterocycles. The van der Waals surface area contributed by atoms with Crippen LogP contribution in [0.4, 0.5) is 5.69 Å². The average molecular weight is 420 g/mol. The van der Waals surface area contributed by atoms with Crippen LogP contribution in [0.25, 0.3) is 0 Å². The third kappa shape index (κ3) is 4.94. The predicted octanol–water partition coefficient (Wildman–Crippen LogP) is 2.74. The lowest BCUT2D eigenvalue weighted by Gasteiger charge is -2.31. The number of piperazine rings is 1. The summed E-state index contributed by atoms with van der Waals surface area (Å²) in [6.07, 6.45) is 2.04. The van der Waals surface area contributed by atoms with Crippen LogP contribution >= 0.6 is 11.8 Å². The van der Waals surface area contributed by atoms with Gasteiger partial charge in [0, 0.05) is 43.2 Å². The minimum absolute atomic E-state index is 0.217. The van der Waals surface area contributed by atoms with Crippen LogP contribution in [0.15, 0.2) is 53.4 Å². The Kier molecular flexibility index (Phi) is 6.77. The molecule has 28 heavy (non-hydrogen) atoms. The molecule has 0 bridgehead atoms. The number of nitrogens with one attached hydrogen (secondary N) is 1. The van der Waals surface area contributed by atoms with Crippen LogP contribution in [-0.4, -0.2) is 63.0 Å². The second-order valence-corrected chi connectivity index (χ2v) is 9.62. The van der Waals surface area contributed by atoms with Crippen molar-refractivity contribution in [3.05, 3.63) is 59.7 Å². The van der Waals surface area contributed by atoms with Gasteiger partial charge in [-0.05, 0) is 55.3 Å². The summed E-state index contributed by atoms with van der Waals surface area (Å²) >= 11 is 1.73. The summed E-state index contributed by atoms with van der Waals surface area (Å²) in [5.74, 6) is 0.691. The summed E-state index contributed by atoms with van der Waals surface area (Å²) in [5.41, 5.74) is 2.30. The highest BCUT2D eigenvalue weighted by Crippen LogP contribution is 2.20. The highest BCUT2D eigenvalue weighted by Gasteiger charge is 2.27. The monoisotopic (exact) mass is 419 g/mol. The van der Waals surface area contributed by atoms with Gasteiger partial charge in [0.05, 0.1) is 4.90 Å². The van der Waals surface area contributed by atoms with Crippen molar-refractivity contribution >= 4 is 33.4 Å². The van der Waals surface area contributed by atoms with E-state index < -0.39 is 10.0 Å². The molecule has 1 aliphatic heterocycles. The van der Waals surface area contributed by atoms with E-state index >= 15 is 0 Å². The van der Waals surface area contributed by atoms with E-state index in [4.69, 9.17) is 0 Å². The lowest BCUT2D eigenvalue weighted by molar-refractivity contribution is 0.102. The Morgan fingerprint density at radius 3 is 2.18 bits per heavy atom. The lowest BCUT2D eigenvalue weighted by Crippen LogP contribution is -2.46. The van der Waals surface area contributed by atoms with Crippen LogP contribution in [0, 0.1) is 0 Å². The second kappa shape index (κ2) is 9.09. The number of anilines is 1. The Morgan fingerprint density at radius 2 is 1.61 bits per heavy atom. The molecule has 0 aromatic heterocycles. The van der Waals surface area contributed by atoms with Crippen LogP contribution in [0.2, 0.25) is 0 Å². The van der Waals surface area contributed by atoms with E-state index in [1.54, 1.807) is 48.2 Å². The lowest BCUT2D eigenvalue weighted by atomic mass is 10.1. The number of sulfonamides is 1. The molecular formula is C20H25N3O3S2. The Bertz CT molecular complexity index is 905. The number of carbonyl (C=O) groups is 1. The largest absolute Gasteiger partial charge is 0.322 e. The number of amides is 1. The van der Waals surface area contributed by atoms with Gasteiger partial charge in [-0.1, -0.05) is 12.1 Å². The molecule has 0 aliphatic carbocycles. The van der Waals surface area contributed by atoms with Gasteiger partial charge in [0.1, 0.15) is 0 Å². The molecule has 8 heteroatoms. The summed E-state index contributed by atoms with van der Waals surface area (Å²) in [4.78, 5) is 14.8. The van der Waals surface area contributed by atoms with Gasteiger partial charge in [-0.2, -0.15) is 16.1 Å². The third-order valence-corrected chi connectivity index (χ3v) is 7.27. The number of hydrogen-bond donors (Lipinski definition) is 1. The number of likely N-dealkylation sites (N-methyl/N-ethyl adjacent to an activating group) is 1. The number of rotatable bonds is 6. The van der Waals surface area contributed by atoms with Crippen molar-refractivity contribution < 1.29 is 13.2 Å². The Morgan fingerprint density at radius 1 is 1.00 bits per heavy atom. The van der Waals surface area contributed by atoms with Crippen molar-refractivity contribution in [1.82, 2.24) is 9.21 Å². The maximum absolute atomic E-state index is 12.8. The van der Waals surface area contributed by atoms with Gasteiger partial charge in [-0.3, -0.25) is 4.79 Å². The van der Waals surface area contributed by atoms with Gasteiger partial charge in [-0.25, -0.2) is 8.42 Å². The van der Waals surface area contributed by atoms with Gasteiger partial charge in [0.25, 0.3) is 5.91 Å². The van der Waals surface area contributed by atoms with E-state index in [1.165, 1.54) is 9.87 Å². The summed E-state index contributed by atoms with van der Waals surface area (Å²) in [6.45, 7) is 2.43. The maximum atomic E-state index is 12.8. The molecule has 0 spiro atoms. The molecule has 1 saturated heterocycles. The zero-order valence-corrected chi connectivity index (χ0v) is 17.7. The highest BCUT2D eigenvalue weighted by atomic mass is 32.2. The van der Waals surface area contributed by atoms with Crippen molar-refractivity contribution in [1.29, 1.82) is 0 Å². The fourth-order valence-electron chi connectivity index (χ4n) is 3.01. The molecule has 0 unspecified atom stereocenters. The number of nitrogens with zero attached hydrogens (tertiary/aromatic N) is 2. The molecule has 1 aliphatic rings. The van der Waals surface area contributed by atoms with Gasteiger partial charge in [0.2, 0.25) is 10.0 Å². The molecule has 2 aromatic carbocycles. The van der Waals surface area contributed by atoms with Crippen molar-refractivity contribution in [2.45, 2.75) is 10.6 Å². The molecule has 1 N–H and O–H groups in total. The molecule has 0 radical (unpaired) electrons. The third-order valence-electron chi connectivity index (χ3n) is 4.74. The zero-order chi connectivity index (χ0) is 20.1. The Hall–Kier alpha value is -1.87. The molecule has 150 valence electrons. The molecule has 6 nitrogen and oxygen atoms in total. The molecule has 1 amide bonds. The molecule has 3 rings (SSSR count). The van der Waals surface area contributed by atoms with E-state index in [2.05, 4.69) is 10.2 Å². The smallest absolute Gasteiger partial charge is 0.255 e. The number of thioether (sulfide) groups is 1. The first kappa shape index (κ1) is 20.9. The van der Waals surface area contributed by atoms with Crippen LogP contribution in [0.5, 0.6) is 0 Å². The Labute approximate surface area is 171 Å². The van der Waals surface area contributed by atoms with Gasteiger partial charge < -0.3 is 10.2 Å². The first-order chi connectivity index (χ1) is 13.4. The van der Waals surface area contributed by atoms with E-state index in [0.717, 1.165) is 18.8 Å². The van der Waals surface area contributed by atoms with Crippen molar-refractivity contribution in [2.24, 2.45) is 0 Å². The molecule has 0 saturated carbocycles. The van der Waals surface area contributed by atoms with Gasteiger partial charge >= 0.3 is 0 Å². The predicted molar refractivity (Wildman–Crippen MR) is 114 cm³/mol. The van der Waals surface area contributed by atoms with Crippen LogP contribution < -0.4 is 5.32 Å². The molecule has 1 fully saturated rings. The fourth-order valence-corrected chi connectivity index (χ4v) is 4.96. The van der Waals surface area contributed by atoms with Gasteiger partial charge in [0.15, 0.2) is 0 Å². The minimum atomic E-state index is -3.50. The topological polar surface area (TPSA) is 69.7 Å². The maximum Gasteiger partial charge on any atom is 0.255 e. The van der Waals surface area contributed by atoms with Crippen molar-refractivity contribution in [3.63, 3.8) is 0 Å². The van der Waals surface area contributed by atoms with E-state index in [1.807, 2.05) is 25.4 Å². The molecule has 0 atom stereocenters. The standard InChI is InChI=1S/C20H25N3O3S2/c1-22-11-13-23(14-12-22)28(25,26)19-9-7-18(8-10-19)21-20(24)17-5-3-16(4-6-17)15-27-2/h3-10H,11-15H2,1-2H3,(H,21,24). The van der Waals surface area contributed by atoms with Crippen molar-refractivity contribution in [2.75, 3.05) is 44.8 Å². The summed E-state index contributed by atoms with van der Waals surface area (Å²) in [5, 5.41) is 2.81. The molecular weight excluding hydrogens is 394 g/mol. The highest BCUT2D eigenvalue weighted by molar-refractivity contribution is 7.97.